The monoisotopic (exact) mass is 736 g/mol. The van der Waals surface area contributed by atoms with Crippen molar-refractivity contribution < 1.29 is 33.4 Å². The summed E-state index contributed by atoms with van der Waals surface area (Å²) in [6.45, 7) is 3.53. The number of piperidine rings is 1. The summed E-state index contributed by atoms with van der Waals surface area (Å²) in [5.74, 6) is -0.608. The molecule has 3 aromatic rings. The van der Waals surface area contributed by atoms with Crippen LogP contribution in [0.5, 0.6) is 11.5 Å². The summed E-state index contributed by atoms with van der Waals surface area (Å²) in [6.07, 6.45) is 11.4. The van der Waals surface area contributed by atoms with Crippen molar-refractivity contribution in [2.45, 2.75) is 95.2 Å². The van der Waals surface area contributed by atoms with E-state index >= 15 is 0 Å². The Labute approximate surface area is 317 Å². The minimum atomic E-state index is -1.17. The van der Waals surface area contributed by atoms with Gasteiger partial charge in [0.05, 0.1) is 31.5 Å². The molecule has 11 heteroatoms. The van der Waals surface area contributed by atoms with Gasteiger partial charge in [0.15, 0.2) is 0 Å². The number of aromatic nitrogens is 1. The van der Waals surface area contributed by atoms with Crippen LogP contribution in [0.1, 0.15) is 77.6 Å². The third kappa shape index (κ3) is 8.10. The zero-order valence-electron chi connectivity index (χ0n) is 31.5. The van der Waals surface area contributed by atoms with Crippen LogP contribution in [0.4, 0.5) is 0 Å². The summed E-state index contributed by atoms with van der Waals surface area (Å²) < 4.78 is 17.8. The minimum absolute atomic E-state index is 0.00360. The highest BCUT2D eigenvalue weighted by Gasteiger charge is 2.62. The number of ether oxygens (including phenoxy) is 3. The highest BCUT2D eigenvalue weighted by Crippen LogP contribution is 2.46. The molecule has 3 aliphatic heterocycles. The molecule has 1 unspecified atom stereocenters. The Morgan fingerprint density at radius 3 is 2.56 bits per heavy atom. The van der Waals surface area contributed by atoms with E-state index in [1.54, 1.807) is 18.9 Å². The lowest BCUT2D eigenvalue weighted by molar-refractivity contribution is -0.150. The molecular formula is C43H52N4O7. The van der Waals surface area contributed by atoms with Crippen LogP contribution >= 0.6 is 0 Å². The number of likely N-dealkylation sites (tertiary alicyclic amines) is 1. The van der Waals surface area contributed by atoms with Crippen LogP contribution in [0.2, 0.25) is 0 Å². The van der Waals surface area contributed by atoms with E-state index in [9.17, 15) is 19.2 Å². The number of fused-ring (bicyclic) bond motifs is 3. The number of allylic oxidation sites excluding steroid dienone is 1. The van der Waals surface area contributed by atoms with Gasteiger partial charge in [-0.05, 0) is 64.0 Å². The van der Waals surface area contributed by atoms with Crippen LogP contribution in [0.15, 0.2) is 66.7 Å². The molecule has 1 N–H and O–H groups in total. The molecule has 0 radical (unpaired) electrons. The van der Waals surface area contributed by atoms with Crippen LogP contribution < -0.4 is 14.8 Å². The summed E-state index contributed by atoms with van der Waals surface area (Å²) >= 11 is 0. The highest BCUT2D eigenvalue weighted by molar-refractivity contribution is 5.96. The quantitative estimate of drug-likeness (QED) is 0.213. The standard InChI is InChI=1S/C43H52N4O7/c1-3-53-42(51)43-27-31(43)18-12-6-4-5-9-17-30(23-39(48)46-21-13-8-14-22-46)41(50)47-28-33(25-37(47)40(49)45-43)54-38-26-35(29-15-10-7-11-16-29)44-36-24-32(52-2)19-20-34(36)38/h7,10-12,15-16,18-20,24,26,30-31,33,37H,3-6,8-9,13-14,17,21-23,25,27-28H2,1-2H3,(H,45,49)/t30-,31?,33-,37+,43-/m1/s1. The molecule has 4 heterocycles. The van der Waals surface area contributed by atoms with Crippen molar-refractivity contribution in [1.82, 2.24) is 20.1 Å². The van der Waals surface area contributed by atoms with Gasteiger partial charge in [-0.3, -0.25) is 14.4 Å². The fourth-order valence-electron chi connectivity index (χ4n) is 8.35. The molecule has 1 aromatic heterocycles. The maximum absolute atomic E-state index is 14.7. The van der Waals surface area contributed by atoms with Crippen molar-refractivity contribution in [2.75, 3.05) is 33.4 Å². The van der Waals surface area contributed by atoms with Gasteiger partial charge >= 0.3 is 5.97 Å². The molecule has 54 heavy (non-hydrogen) atoms. The molecule has 0 spiro atoms. The van der Waals surface area contributed by atoms with E-state index in [0.29, 0.717) is 48.6 Å². The number of carbonyl (C=O) groups is 4. The number of nitrogens with one attached hydrogen (secondary N) is 1. The van der Waals surface area contributed by atoms with E-state index in [-0.39, 0.29) is 43.7 Å². The SMILES string of the molecule is CCOC(=O)[C@@]12CC1C=CCCCCC[C@H](CC(=O)N1CCCCC1)C(=O)N1C[C@H](Oc3cc(-c4ccccc4)nc4cc(OC)ccc34)C[C@H]1C(=O)N2. The molecule has 3 fully saturated rings. The van der Waals surface area contributed by atoms with E-state index < -0.39 is 35.5 Å². The lowest BCUT2D eigenvalue weighted by Gasteiger charge is -2.31. The zero-order valence-corrected chi connectivity index (χ0v) is 31.5. The van der Waals surface area contributed by atoms with E-state index in [1.165, 1.54) is 0 Å². The first-order valence-corrected chi connectivity index (χ1v) is 19.7. The van der Waals surface area contributed by atoms with Crippen molar-refractivity contribution in [1.29, 1.82) is 0 Å². The fourth-order valence-corrected chi connectivity index (χ4v) is 8.35. The van der Waals surface area contributed by atoms with E-state index in [1.807, 2.05) is 65.6 Å². The van der Waals surface area contributed by atoms with Crippen LogP contribution in [-0.2, 0) is 23.9 Å². The van der Waals surface area contributed by atoms with Crippen LogP contribution in [0.25, 0.3) is 22.2 Å². The maximum atomic E-state index is 14.7. The van der Waals surface area contributed by atoms with Crippen molar-refractivity contribution in [3.05, 3.63) is 66.7 Å². The zero-order chi connectivity index (χ0) is 37.7. The van der Waals surface area contributed by atoms with Gasteiger partial charge < -0.3 is 29.3 Å². The number of esters is 1. The average molecular weight is 737 g/mol. The topological polar surface area (TPSA) is 127 Å². The Kier molecular flexibility index (Phi) is 11.5. The van der Waals surface area contributed by atoms with Gasteiger partial charge in [-0.2, -0.15) is 0 Å². The van der Waals surface area contributed by atoms with Gasteiger partial charge in [-0.1, -0.05) is 55.3 Å². The Morgan fingerprint density at radius 2 is 1.78 bits per heavy atom. The number of methoxy groups -OCH3 is 1. The van der Waals surface area contributed by atoms with Crippen LogP contribution in [0, 0.1) is 11.8 Å². The number of carbonyl (C=O) groups excluding carboxylic acids is 4. The normalized spacial score (nSPS) is 26.2. The summed E-state index contributed by atoms with van der Waals surface area (Å²) in [5.41, 5.74) is 1.15. The van der Waals surface area contributed by atoms with E-state index in [0.717, 1.165) is 55.9 Å². The fraction of sp³-hybridized carbons (Fsp3) is 0.512. The summed E-state index contributed by atoms with van der Waals surface area (Å²) in [7, 11) is 1.61. The third-order valence-electron chi connectivity index (χ3n) is 11.5. The molecule has 5 atom stereocenters. The minimum Gasteiger partial charge on any atom is -0.497 e. The first-order valence-electron chi connectivity index (χ1n) is 19.7. The first kappa shape index (κ1) is 37.4. The molecule has 286 valence electrons. The van der Waals surface area contributed by atoms with Gasteiger partial charge in [-0.15, -0.1) is 0 Å². The smallest absolute Gasteiger partial charge is 0.332 e. The van der Waals surface area contributed by atoms with Gasteiger partial charge in [0, 0.05) is 60.8 Å². The second kappa shape index (κ2) is 16.6. The van der Waals surface area contributed by atoms with E-state index in [4.69, 9.17) is 19.2 Å². The lowest BCUT2D eigenvalue weighted by atomic mass is 9.94. The Hall–Kier alpha value is -4.93. The van der Waals surface area contributed by atoms with Gasteiger partial charge in [0.25, 0.3) is 0 Å². The number of hydrogen-bond donors (Lipinski definition) is 1. The molecule has 2 aromatic carbocycles. The highest BCUT2D eigenvalue weighted by atomic mass is 16.5. The van der Waals surface area contributed by atoms with Crippen molar-refractivity contribution >= 4 is 34.6 Å². The largest absolute Gasteiger partial charge is 0.497 e. The first-order chi connectivity index (χ1) is 26.3. The number of pyridine rings is 1. The molecule has 1 saturated carbocycles. The van der Waals surface area contributed by atoms with Crippen molar-refractivity contribution in [3.63, 3.8) is 0 Å². The second-order valence-electron chi connectivity index (χ2n) is 15.1. The van der Waals surface area contributed by atoms with Gasteiger partial charge in [-0.25, -0.2) is 9.78 Å². The predicted molar refractivity (Wildman–Crippen MR) is 205 cm³/mol. The number of nitrogens with zero attached hydrogens (tertiary/aromatic N) is 3. The average Bonchev–Trinajstić information content (AvgIpc) is 3.73. The van der Waals surface area contributed by atoms with Crippen LogP contribution in [-0.4, -0.2) is 89.5 Å². The van der Waals surface area contributed by atoms with Gasteiger partial charge in [0.2, 0.25) is 17.7 Å². The maximum Gasteiger partial charge on any atom is 0.332 e. The summed E-state index contributed by atoms with van der Waals surface area (Å²) in [5, 5.41) is 3.84. The number of rotatable bonds is 8. The second-order valence-corrected chi connectivity index (χ2v) is 15.1. The third-order valence-corrected chi connectivity index (χ3v) is 11.5. The number of benzene rings is 2. The van der Waals surface area contributed by atoms with Crippen LogP contribution in [0.3, 0.4) is 0 Å². The molecule has 11 nitrogen and oxygen atoms in total. The Balaban J connectivity index is 1.22. The predicted octanol–water partition coefficient (Wildman–Crippen LogP) is 6.24. The summed E-state index contributed by atoms with van der Waals surface area (Å²) in [6, 6.07) is 16.5. The molecule has 4 aliphatic rings. The van der Waals surface area contributed by atoms with Crippen molar-refractivity contribution in [3.8, 4) is 22.8 Å². The molecular weight excluding hydrogens is 684 g/mol. The molecule has 0 bridgehead atoms. The molecule has 7 rings (SSSR count). The Morgan fingerprint density at radius 1 is 0.981 bits per heavy atom. The molecule has 2 saturated heterocycles. The Bertz CT molecular complexity index is 1880. The molecule has 1 aliphatic carbocycles. The van der Waals surface area contributed by atoms with Gasteiger partial charge in [0.1, 0.15) is 29.2 Å². The number of amides is 3. The lowest BCUT2D eigenvalue weighted by Crippen LogP contribution is -2.54. The van der Waals surface area contributed by atoms with E-state index in [2.05, 4.69) is 11.4 Å². The number of hydrogen-bond acceptors (Lipinski definition) is 8. The van der Waals surface area contributed by atoms with Crippen molar-refractivity contribution in [2.24, 2.45) is 11.8 Å². The summed E-state index contributed by atoms with van der Waals surface area (Å²) in [4.78, 5) is 64.6. The molecule has 3 amide bonds.